The molecule has 0 heterocycles. The third-order valence-electron chi connectivity index (χ3n) is 4.34. The molecule has 0 aromatic heterocycles. The van der Waals surface area contributed by atoms with Gasteiger partial charge in [0.05, 0.1) is 5.60 Å². The molecule has 0 amide bonds. The molecular weight excluding hydrogens is 212 g/mol. The van der Waals surface area contributed by atoms with E-state index < -0.39 is 14.6 Å². The van der Waals surface area contributed by atoms with Crippen molar-refractivity contribution in [2.45, 2.75) is 44.1 Å². The van der Waals surface area contributed by atoms with Crippen molar-refractivity contribution in [1.29, 1.82) is 0 Å². The minimum atomic E-state index is -4.34. The fourth-order valence-electron chi connectivity index (χ4n) is 4.45. The Morgan fingerprint density at radius 2 is 1.27 bits per heavy atom. The zero-order valence-electron chi connectivity index (χ0n) is 8.72. The highest BCUT2D eigenvalue weighted by molar-refractivity contribution is 6.48. The molecule has 86 valence electrons. The van der Waals surface area contributed by atoms with Crippen LogP contribution < -0.4 is 0 Å². The second-order valence-electron chi connectivity index (χ2n) is 5.78. The maximum absolute atomic E-state index is 9.11. The normalized spacial score (nSPS) is 48.6. The van der Waals surface area contributed by atoms with Crippen LogP contribution in [-0.2, 0) is 4.43 Å². The van der Waals surface area contributed by atoms with Gasteiger partial charge >= 0.3 is 9.05 Å². The zero-order chi connectivity index (χ0) is 10.7. The largest absolute Gasteiger partial charge is 0.671 e. The molecule has 0 saturated heterocycles. The molecule has 0 aromatic carbocycles. The predicted octanol–water partition coefficient (Wildman–Crippen LogP) is 0.384. The average molecular weight is 230 g/mol. The van der Waals surface area contributed by atoms with Gasteiger partial charge in [0.15, 0.2) is 0 Å². The lowest BCUT2D eigenvalue weighted by Gasteiger charge is -2.56. The first-order valence-electron chi connectivity index (χ1n) is 5.81. The summed E-state index contributed by atoms with van der Waals surface area (Å²) in [6, 6.07) is 0. The van der Waals surface area contributed by atoms with Crippen LogP contribution in [0, 0.1) is 17.8 Å². The summed E-state index contributed by atoms with van der Waals surface area (Å²) in [6.45, 7) is 0. The van der Waals surface area contributed by atoms with Gasteiger partial charge in [-0.2, -0.15) is 0 Å². The highest BCUT2D eigenvalue weighted by Crippen LogP contribution is 2.57. The molecule has 3 N–H and O–H groups in total. The summed E-state index contributed by atoms with van der Waals surface area (Å²) in [4.78, 5) is 27.3. The van der Waals surface area contributed by atoms with Gasteiger partial charge in [-0.3, -0.25) is 0 Å². The number of hydrogen-bond donors (Lipinski definition) is 3. The summed E-state index contributed by atoms with van der Waals surface area (Å²) in [5.74, 6) is 2.06. The molecule has 5 heteroatoms. The first kappa shape index (κ1) is 10.2. The predicted molar refractivity (Wildman–Crippen MR) is 54.4 cm³/mol. The standard InChI is InChI=1S/C10H18O4Si/c11-15(12,13)14-10-4-7-1-8(5-10)3-9(2-7)6-10/h7-9,11-13H,1-6H2. The van der Waals surface area contributed by atoms with Crippen molar-refractivity contribution < 1.29 is 18.8 Å². The van der Waals surface area contributed by atoms with Gasteiger partial charge in [0, 0.05) is 0 Å². The van der Waals surface area contributed by atoms with Gasteiger partial charge in [0.25, 0.3) is 0 Å². The lowest BCUT2D eigenvalue weighted by Crippen LogP contribution is -2.58. The number of hydrogen-bond acceptors (Lipinski definition) is 4. The minimum absolute atomic E-state index is 0.404. The van der Waals surface area contributed by atoms with E-state index >= 15 is 0 Å². The second kappa shape index (κ2) is 3.04. The summed E-state index contributed by atoms with van der Waals surface area (Å²) in [5, 5.41) is 0. The topological polar surface area (TPSA) is 69.9 Å². The summed E-state index contributed by atoms with van der Waals surface area (Å²) >= 11 is 0. The van der Waals surface area contributed by atoms with Gasteiger partial charge in [-0.15, -0.1) is 0 Å². The third-order valence-corrected chi connectivity index (χ3v) is 5.04. The van der Waals surface area contributed by atoms with Crippen molar-refractivity contribution in [3.8, 4) is 0 Å². The molecule has 0 aliphatic heterocycles. The summed E-state index contributed by atoms with van der Waals surface area (Å²) in [7, 11) is -4.34. The lowest BCUT2D eigenvalue weighted by molar-refractivity contribution is -0.147. The average Bonchev–Trinajstić information content (AvgIpc) is 1.94. The molecule has 4 rings (SSSR count). The third kappa shape index (κ3) is 1.87. The molecule has 4 bridgehead atoms. The Hall–Kier alpha value is 0.0569. The Morgan fingerprint density at radius 1 is 0.867 bits per heavy atom. The Bertz CT molecular complexity index is 238. The van der Waals surface area contributed by atoms with E-state index in [9.17, 15) is 0 Å². The van der Waals surface area contributed by atoms with E-state index in [0.29, 0.717) is 17.8 Å². The maximum Gasteiger partial charge on any atom is 0.671 e. The molecule has 4 saturated carbocycles. The van der Waals surface area contributed by atoms with Crippen molar-refractivity contribution in [2.75, 3.05) is 0 Å². The van der Waals surface area contributed by atoms with Crippen LogP contribution in [0.15, 0.2) is 0 Å². The van der Waals surface area contributed by atoms with Gasteiger partial charge in [-0.25, -0.2) is 0 Å². The quantitative estimate of drug-likeness (QED) is 0.600. The highest BCUT2D eigenvalue weighted by Gasteiger charge is 2.55. The van der Waals surface area contributed by atoms with Crippen molar-refractivity contribution in [3.63, 3.8) is 0 Å². The summed E-state index contributed by atoms with van der Waals surface area (Å²) in [6.07, 6.45) is 6.57. The monoisotopic (exact) mass is 230 g/mol. The molecule has 4 aliphatic rings. The summed E-state index contributed by atoms with van der Waals surface area (Å²) in [5.41, 5.74) is -0.404. The fraction of sp³-hybridized carbons (Fsp3) is 1.00. The molecule has 4 nitrogen and oxygen atoms in total. The van der Waals surface area contributed by atoms with Crippen LogP contribution in [0.3, 0.4) is 0 Å². The Kier molecular flexibility index (Phi) is 2.08. The van der Waals surface area contributed by atoms with E-state index in [-0.39, 0.29) is 0 Å². The first-order valence-corrected chi connectivity index (χ1v) is 7.56. The van der Waals surface area contributed by atoms with Gasteiger partial charge in [0.1, 0.15) is 0 Å². The fourth-order valence-corrected chi connectivity index (χ4v) is 5.28. The number of rotatable bonds is 2. The van der Waals surface area contributed by atoms with E-state index in [1.54, 1.807) is 0 Å². The van der Waals surface area contributed by atoms with E-state index in [1.807, 2.05) is 0 Å². The van der Waals surface area contributed by atoms with Crippen LogP contribution in [0.25, 0.3) is 0 Å². The SMILES string of the molecule is O[Si](O)(O)OC12CC3CC(CC(C3)C1)C2. The van der Waals surface area contributed by atoms with Gasteiger partial charge in [0.2, 0.25) is 0 Å². The van der Waals surface area contributed by atoms with Crippen LogP contribution in [0.5, 0.6) is 0 Å². The molecule has 4 aliphatic carbocycles. The Balaban J connectivity index is 1.81. The molecule has 15 heavy (non-hydrogen) atoms. The van der Waals surface area contributed by atoms with E-state index in [4.69, 9.17) is 18.8 Å². The second-order valence-corrected chi connectivity index (χ2v) is 7.13. The molecule has 0 radical (unpaired) electrons. The van der Waals surface area contributed by atoms with Crippen molar-refractivity contribution >= 4 is 9.05 Å². The highest BCUT2D eigenvalue weighted by atomic mass is 28.4. The maximum atomic E-state index is 9.11. The van der Waals surface area contributed by atoms with Crippen LogP contribution >= 0.6 is 0 Å². The molecule has 0 aromatic rings. The van der Waals surface area contributed by atoms with Crippen LogP contribution in [0.1, 0.15) is 38.5 Å². The lowest BCUT2D eigenvalue weighted by atomic mass is 9.54. The van der Waals surface area contributed by atoms with Gasteiger partial charge in [-0.1, -0.05) is 0 Å². The van der Waals surface area contributed by atoms with Crippen molar-refractivity contribution in [3.05, 3.63) is 0 Å². The van der Waals surface area contributed by atoms with E-state index in [0.717, 1.165) is 19.3 Å². The molecule has 4 fully saturated rings. The molecular formula is C10H18O4Si. The molecule has 0 unspecified atom stereocenters. The van der Waals surface area contributed by atoms with Crippen LogP contribution in [0.4, 0.5) is 0 Å². The first-order chi connectivity index (χ1) is 6.94. The Labute approximate surface area is 90.4 Å². The minimum Gasteiger partial charge on any atom is -0.368 e. The summed E-state index contributed by atoms with van der Waals surface area (Å²) < 4.78 is 5.24. The molecule has 0 atom stereocenters. The van der Waals surface area contributed by atoms with E-state index in [1.165, 1.54) is 19.3 Å². The smallest absolute Gasteiger partial charge is 0.368 e. The Morgan fingerprint density at radius 3 is 1.60 bits per heavy atom. The van der Waals surface area contributed by atoms with Crippen LogP contribution in [-0.4, -0.2) is 29.0 Å². The zero-order valence-corrected chi connectivity index (χ0v) is 9.72. The van der Waals surface area contributed by atoms with Gasteiger partial charge in [-0.05, 0) is 56.3 Å². The van der Waals surface area contributed by atoms with Gasteiger partial charge < -0.3 is 18.8 Å². The van der Waals surface area contributed by atoms with Crippen molar-refractivity contribution in [2.24, 2.45) is 17.8 Å². The van der Waals surface area contributed by atoms with E-state index in [2.05, 4.69) is 0 Å². The van der Waals surface area contributed by atoms with Crippen LogP contribution in [0.2, 0.25) is 0 Å². The van der Waals surface area contributed by atoms with Crippen molar-refractivity contribution in [1.82, 2.24) is 0 Å². The molecule has 0 spiro atoms.